The zero-order chi connectivity index (χ0) is 24.3. The van der Waals surface area contributed by atoms with E-state index in [9.17, 15) is 23.5 Å². The minimum atomic E-state index is -2.72. The van der Waals surface area contributed by atoms with Gasteiger partial charge in [0, 0.05) is 17.8 Å². The van der Waals surface area contributed by atoms with E-state index in [1.54, 1.807) is 30.3 Å². The Balaban J connectivity index is 1.85. The number of rotatable bonds is 4. The molecule has 0 bridgehead atoms. The fourth-order valence-corrected chi connectivity index (χ4v) is 5.32. The van der Waals surface area contributed by atoms with Crippen molar-refractivity contribution in [2.45, 2.75) is 23.5 Å². The van der Waals surface area contributed by atoms with Gasteiger partial charge in [-0.2, -0.15) is 0 Å². The molecule has 6 nitrogen and oxygen atoms in total. The number of hydrogen-bond acceptors (Lipinski definition) is 6. The summed E-state index contributed by atoms with van der Waals surface area (Å²) in [5.41, 5.74) is -3.93. The number of hydrogen-bond donors (Lipinski definition) is 1. The summed E-state index contributed by atoms with van der Waals surface area (Å²) in [5.74, 6) is -4.17. The topological polar surface area (TPSA) is 85.7 Å². The molecule has 5 rings (SSSR count). The Morgan fingerprint density at radius 3 is 2.47 bits per heavy atom. The summed E-state index contributed by atoms with van der Waals surface area (Å²) in [6, 6.07) is 15.1. The van der Waals surface area contributed by atoms with E-state index in [-0.39, 0.29) is 27.6 Å². The van der Waals surface area contributed by atoms with E-state index < -0.39 is 41.2 Å². The number of aromatic nitrogens is 1. The number of methoxy groups -OCH3 is 1. The molecule has 0 radical (unpaired) electrons. The van der Waals surface area contributed by atoms with Crippen molar-refractivity contribution in [1.82, 2.24) is 4.98 Å². The van der Waals surface area contributed by atoms with Crippen molar-refractivity contribution >= 4 is 23.4 Å². The predicted molar refractivity (Wildman–Crippen MR) is 117 cm³/mol. The lowest BCUT2D eigenvalue weighted by atomic mass is 9.71. The number of halogens is 3. The van der Waals surface area contributed by atoms with Crippen LogP contribution in [0.4, 0.5) is 8.78 Å². The molecule has 1 fully saturated rings. The first kappa shape index (κ1) is 22.4. The largest absolute Gasteiger partial charge is 0.476 e. The van der Waals surface area contributed by atoms with Crippen LogP contribution in [0.2, 0.25) is 5.02 Å². The first-order valence-electron chi connectivity index (χ1n) is 10.4. The van der Waals surface area contributed by atoms with Crippen LogP contribution in [-0.2, 0) is 25.5 Å². The predicted octanol–water partition coefficient (Wildman–Crippen LogP) is 4.30. The normalized spacial score (nSPS) is 27.3. The minimum absolute atomic E-state index is 0.0607. The average Bonchev–Trinajstić information content (AvgIpc) is 3.21. The molecule has 4 atom stereocenters. The number of alkyl halides is 2. The second-order valence-corrected chi connectivity index (χ2v) is 8.66. The Hall–Kier alpha value is -3.36. The quantitative estimate of drug-likeness (QED) is 0.438. The highest BCUT2D eigenvalue weighted by atomic mass is 35.5. The lowest BCUT2D eigenvalue weighted by molar-refractivity contribution is -0.155. The Labute approximate surface area is 198 Å². The van der Waals surface area contributed by atoms with Crippen LogP contribution < -0.4 is 4.74 Å². The minimum Gasteiger partial charge on any atom is -0.476 e. The van der Waals surface area contributed by atoms with Crippen molar-refractivity contribution in [2.75, 3.05) is 7.11 Å². The van der Waals surface area contributed by atoms with E-state index in [4.69, 9.17) is 21.1 Å². The van der Waals surface area contributed by atoms with Gasteiger partial charge in [0.15, 0.2) is 11.4 Å². The zero-order valence-electron chi connectivity index (χ0n) is 17.7. The molecule has 0 spiro atoms. The summed E-state index contributed by atoms with van der Waals surface area (Å²) < 4.78 is 37.8. The van der Waals surface area contributed by atoms with Crippen molar-refractivity contribution in [3.63, 3.8) is 0 Å². The van der Waals surface area contributed by atoms with Crippen molar-refractivity contribution in [1.29, 1.82) is 0 Å². The Morgan fingerprint density at radius 1 is 1.18 bits per heavy atom. The number of Topliss-reactive ketones (excluding diaryl/α,β-unsaturated/α-hetero) is 1. The number of carbonyl (C=O) groups is 2. The number of ketones is 1. The maximum absolute atomic E-state index is 13.9. The first-order chi connectivity index (χ1) is 16.3. The van der Waals surface area contributed by atoms with Crippen LogP contribution in [0.25, 0.3) is 0 Å². The zero-order valence-corrected chi connectivity index (χ0v) is 18.5. The molecule has 3 aromatic rings. The van der Waals surface area contributed by atoms with Gasteiger partial charge in [0.1, 0.15) is 17.4 Å². The molecular weight excluding hydrogens is 468 g/mol. The van der Waals surface area contributed by atoms with Gasteiger partial charge in [0.2, 0.25) is 5.60 Å². The van der Waals surface area contributed by atoms with Crippen molar-refractivity contribution in [3.8, 4) is 5.75 Å². The summed E-state index contributed by atoms with van der Waals surface area (Å²) in [7, 11) is 1.15. The second-order valence-electron chi connectivity index (χ2n) is 8.22. The van der Waals surface area contributed by atoms with Gasteiger partial charge < -0.3 is 14.6 Å². The SMILES string of the molecule is COC(=O)[C@H]1C(=O)[C@@]2(O)c3ncc(Cl)cc3O[C@@]2(c2ccc(C(F)F)cc2)[C@@H]1c1ccccc1. The standard InChI is InChI=1S/C25H18ClF2NO5/c1-33-23(31)18-19(13-5-3-2-4-6-13)25(15-9-7-14(8-10-15)22(27)28)24(32,21(18)30)20-17(34-25)11-16(26)12-29-20/h2-12,18-19,22,32H,1H3/t18-,19-,24+,25+/m1/s1. The van der Waals surface area contributed by atoms with E-state index >= 15 is 0 Å². The fraction of sp³-hybridized carbons (Fsp3) is 0.240. The van der Waals surface area contributed by atoms with Crippen LogP contribution in [0, 0.1) is 5.92 Å². The lowest BCUT2D eigenvalue weighted by Gasteiger charge is -2.39. The van der Waals surface area contributed by atoms with Gasteiger partial charge in [-0.05, 0) is 11.1 Å². The number of nitrogens with zero attached hydrogens (tertiary/aromatic N) is 1. The summed E-state index contributed by atoms with van der Waals surface area (Å²) in [6.07, 6.45) is -1.46. The Kier molecular flexibility index (Phi) is 5.18. The van der Waals surface area contributed by atoms with Gasteiger partial charge >= 0.3 is 5.97 Å². The average molecular weight is 486 g/mol. The molecule has 1 N–H and O–H groups in total. The summed E-state index contributed by atoms with van der Waals surface area (Å²) >= 11 is 6.10. The van der Waals surface area contributed by atoms with Crippen LogP contribution in [0.15, 0.2) is 66.9 Å². The van der Waals surface area contributed by atoms with Crippen molar-refractivity contribution < 1.29 is 33.0 Å². The molecule has 0 amide bonds. The van der Waals surface area contributed by atoms with Crippen LogP contribution in [0.5, 0.6) is 5.75 Å². The van der Waals surface area contributed by atoms with E-state index in [1.165, 1.54) is 36.5 Å². The van der Waals surface area contributed by atoms with Gasteiger partial charge in [0.05, 0.1) is 18.1 Å². The van der Waals surface area contributed by atoms with Gasteiger partial charge in [0.25, 0.3) is 6.43 Å². The molecule has 1 aromatic heterocycles. The summed E-state index contributed by atoms with van der Waals surface area (Å²) in [4.78, 5) is 31.0. The Morgan fingerprint density at radius 2 is 1.85 bits per heavy atom. The number of fused-ring (bicyclic) bond motifs is 3. The number of esters is 1. The molecule has 0 saturated heterocycles. The molecule has 2 aliphatic rings. The number of carbonyl (C=O) groups excluding carboxylic acids is 2. The molecule has 1 aliphatic carbocycles. The van der Waals surface area contributed by atoms with Gasteiger partial charge in [-0.15, -0.1) is 0 Å². The third-order valence-corrected chi connectivity index (χ3v) is 6.79. The van der Waals surface area contributed by atoms with Gasteiger partial charge in [-0.3, -0.25) is 14.6 Å². The van der Waals surface area contributed by atoms with Crippen molar-refractivity contribution in [3.05, 3.63) is 94.3 Å². The third-order valence-electron chi connectivity index (χ3n) is 6.59. The molecule has 2 aromatic carbocycles. The number of aliphatic hydroxyl groups is 1. The monoisotopic (exact) mass is 485 g/mol. The molecule has 174 valence electrons. The van der Waals surface area contributed by atoms with Crippen LogP contribution >= 0.6 is 11.6 Å². The first-order valence-corrected chi connectivity index (χ1v) is 10.8. The molecule has 0 unspecified atom stereocenters. The van der Waals surface area contributed by atoms with E-state index in [0.717, 1.165) is 7.11 Å². The highest BCUT2D eigenvalue weighted by Crippen LogP contribution is 2.66. The number of ether oxygens (including phenoxy) is 2. The smallest absolute Gasteiger partial charge is 0.317 e. The van der Waals surface area contributed by atoms with Gasteiger partial charge in [-0.1, -0.05) is 66.2 Å². The molecule has 34 heavy (non-hydrogen) atoms. The maximum Gasteiger partial charge on any atom is 0.317 e. The molecular formula is C25H18ClF2NO5. The maximum atomic E-state index is 13.9. The highest BCUT2D eigenvalue weighted by Gasteiger charge is 2.78. The van der Waals surface area contributed by atoms with E-state index in [2.05, 4.69) is 4.98 Å². The summed E-state index contributed by atoms with van der Waals surface area (Å²) in [5, 5.41) is 12.3. The number of benzene rings is 2. The second kappa shape index (κ2) is 7.85. The molecule has 1 saturated carbocycles. The summed E-state index contributed by atoms with van der Waals surface area (Å²) in [6.45, 7) is 0. The van der Waals surface area contributed by atoms with Crippen LogP contribution in [-0.4, -0.2) is 29.0 Å². The van der Waals surface area contributed by atoms with Crippen LogP contribution in [0.3, 0.4) is 0 Å². The molecule has 2 heterocycles. The lowest BCUT2D eigenvalue weighted by Crippen LogP contribution is -2.51. The van der Waals surface area contributed by atoms with E-state index in [1.807, 2.05) is 0 Å². The molecule has 1 aliphatic heterocycles. The molecule has 9 heteroatoms. The van der Waals surface area contributed by atoms with Gasteiger partial charge in [-0.25, -0.2) is 8.78 Å². The van der Waals surface area contributed by atoms with E-state index in [0.29, 0.717) is 5.56 Å². The number of pyridine rings is 1. The van der Waals surface area contributed by atoms with Crippen molar-refractivity contribution in [2.24, 2.45) is 5.92 Å². The van der Waals surface area contributed by atoms with Crippen LogP contribution in [0.1, 0.15) is 34.7 Å². The fourth-order valence-electron chi connectivity index (χ4n) is 5.17. The third kappa shape index (κ3) is 2.85. The highest BCUT2D eigenvalue weighted by molar-refractivity contribution is 6.30. The Bertz CT molecular complexity index is 1290.